The summed E-state index contributed by atoms with van der Waals surface area (Å²) in [5.74, 6) is -0.232. The number of hydrogen-bond donors (Lipinski definition) is 1. The largest absolute Gasteiger partial charge is 0.312 e. The lowest BCUT2D eigenvalue weighted by Crippen LogP contribution is -2.22. The van der Waals surface area contributed by atoms with E-state index in [1.54, 1.807) is 10.7 Å². The van der Waals surface area contributed by atoms with Crippen LogP contribution in [-0.2, 0) is 13.0 Å². The standard InChI is InChI=1S/C12H12FN3/c13-10-2-1-3-11(6-10)16-8-9-7-14-5-4-12(9)15-16/h1-3,6,8,14H,4-5,7H2. The maximum atomic E-state index is 13.1. The summed E-state index contributed by atoms with van der Waals surface area (Å²) in [4.78, 5) is 0. The Hall–Kier alpha value is -1.68. The summed E-state index contributed by atoms with van der Waals surface area (Å²) in [6.45, 7) is 1.82. The first-order chi connectivity index (χ1) is 7.83. The lowest BCUT2D eigenvalue weighted by atomic mass is 10.1. The van der Waals surface area contributed by atoms with Crippen LogP contribution in [0.5, 0.6) is 0 Å². The van der Waals surface area contributed by atoms with Crippen molar-refractivity contribution in [2.45, 2.75) is 13.0 Å². The van der Waals surface area contributed by atoms with E-state index in [-0.39, 0.29) is 5.82 Å². The molecule has 3 rings (SSSR count). The molecule has 0 bridgehead atoms. The molecule has 2 heterocycles. The highest BCUT2D eigenvalue weighted by molar-refractivity contribution is 5.33. The van der Waals surface area contributed by atoms with Crippen LogP contribution in [0.2, 0.25) is 0 Å². The highest BCUT2D eigenvalue weighted by Crippen LogP contribution is 2.15. The topological polar surface area (TPSA) is 29.9 Å². The molecular weight excluding hydrogens is 205 g/mol. The number of nitrogens with zero attached hydrogens (tertiary/aromatic N) is 2. The van der Waals surface area contributed by atoms with E-state index in [2.05, 4.69) is 10.4 Å². The van der Waals surface area contributed by atoms with Crippen LogP contribution in [0.4, 0.5) is 4.39 Å². The Balaban J connectivity index is 2.03. The van der Waals surface area contributed by atoms with Crippen LogP contribution in [0, 0.1) is 5.82 Å². The molecule has 16 heavy (non-hydrogen) atoms. The van der Waals surface area contributed by atoms with Crippen molar-refractivity contribution in [2.75, 3.05) is 6.54 Å². The van der Waals surface area contributed by atoms with Crippen LogP contribution in [0.25, 0.3) is 5.69 Å². The molecule has 0 unspecified atom stereocenters. The fourth-order valence-corrected chi connectivity index (χ4v) is 1.98. The molecule has 0 saturated heterocycles. The SMILES string of the molecule is Fc1cccc(-n2cc3c(n2)CCNC3)c1. The second kappa shape index (κ2) is 3.72. The van der Waals surface area contributed by atoms with Crippen LogP contribution in [-0.4, -0.2) is 16.3 Å². The molecule has 0 radical (unpaired) electrons. The quantitative estimate of drug-likeness (QED) is 0.787. The van der Waals surface area contributed by atoms with E-state index in [1.807, 2.05) is 12.3 Å². The van der Waals surface area contributed by atoms with Crippen LogP contribution in [0.15, 0.2) is 30.5 Å². The first-order valence-electron chi connectivity index (χ1n) is 5.37. The molecule has 1 N–H and O–H groups in total. The second-order valence-corrected chi connectivity index (χ2v) is 3.95. The van der Waals surface area contributed by atoms with Crippen molar-refractivity contribution in [2.24, 2.45) is 0 Å². The van der Waals surface area contributed by atoms with Crippen molar-refractivity contribution in [3.8, 4) is 5.69 Å². The van der Waals surface area contributed by atoms with E-state index in [0.29, 0.717) is 0 Å². The predicted octanol–water partition coefficient (Wildman–Crippen LogP) is 1.66. The zero-order chi connectivity index (χ0) is 11.0. The van der Waals surface area contributed by atoms with Crippen molar-refractivity contribution < 1.29 is 4.39 Å². The molecule has 2 aromatic rings. The lowest BCUT2D eigenvalue weighted by molar-refractivity contribution is 0.624. The third kappa shape index (κ3) is 1.61. The van der Waals surface area contributed by atoms with E-state index in [9.17, 15) is 4.39 Å². The maximum Gasteiger partial charge on any atom is 0.125 e. The Kier molecular flexibility index (Phi) is 2.22. The average molecular weight is 217 g/mol. The molecule has 82 valence electrons. The molecule has 0 aliphatic carbocycles. The minimum Gasteiger partial charge on any atom is -0.312 e. The molecular formula is C12H12FN3. The van der Waals surface area contributed by atoms with Gasteiger partial charge in [0.2, 0.25) is 0 Å². The molecule has 3 nitrogen and oxygen atoms in total. The molecule has 1 aromatic carbocycles. The van der Waals surface area contributed by atoms with E-state index in [1.165, 1.54) is 17.7 Å². The molecule has 1 aromatic heterocycles. The van der Waals surface area contributed by atoms with Gasteiger partial charge in [-0.25, -0.2) is 9.07 Å². The number of aromatic nitrogens is 2. The summed E-state index contributed by atoms with van der Waals surface area (Å²) in [6, 6.07) is 6.49. The summed E-state index contributed by atoms with van der Waals surface area (Å²) in [5.41, 5.74) is 3.09. The fraction of sp³-hybridized carbons (Fsp3) is 0.250. The van der Waals surface area contributed by atoms with E-state index in [4.69, 9.17) is 0 Å². The summed E-state index contributed by atoms with van der Waals surface area (Å²) in [7, 11) is 0. The highest BCUT2D eigenvalue weighted by Gasteiger charge is 2.13. The van der Waals surface area contributed by atoms with Crippen LogP contribution < -0.4 is 5.32 Å². The van der Waals surface area contributed by atoms with Crippen molar-refractivity contribution in [1.29, 1.82) is 0 Å². The smallest absolute Gasteiger partial charge is 0.125 e. The molecule has 0 fully saturated rings. The molecule has 1 aliphatic rings. The van der Waals surface area contributed by atoms with E-state index in [0.717, 1.165) is 30.9 Å². The number of halogens is 1. The number of nitrogens with one attached hydrogen (secondary N) is 1. The molecule has 4 heteroatoms. The number of hydrogen-bond acceptors (Lipinski definition) is 2. The first kappa shape index (κ1) is 9.54. The Morgan fingerprint density at radius 2 is 2.31 bits per heavy atom. The fourth-order valence-electron chi connectivity index (χ4n) is 1.98. The van der Waals surface area contributed by atoms with Gasteiger partial charge in [-0.1, -0.05) is 6.07 Å². The van der Waals surface area contributed by atoms with Gasteiger partial charge in [-0.05, 0) is 18.2 Å². The van der Waals surface area contributed by atoms with Crippen molar-refractivity contribution in [3.05, 3.63) is 47.5 Å². The van der Waals surface area contributed by atoms with Gasteiger partial charge in [-0.15, -0.1) is 0 Å². The van der Waals surface area contributed by atoms with Gasteiger partial charge in [0, 0.05) is 31.3 Å². The summed E-state index contributed by atoms with van der Waals surface area (Å²) >= 11 is 0. The maximum absolute atomic E-state index is 13.1. The number of benzene rings is 1. The summed E-state index contributed by atoms with van der Waals surface area (Å²) < 4.78 is 14.8. The Bertz CT molecular complexity index is 495. The van der Waals surface area contributed by atoms with Crippen LogP contribution in [0.3, 0.4) is 0 Å². The van der Waals surface area contributed by atoms with Crippen LogP contribution >= 0.6 is 0 Å². The Morgan fingerprint density at radius 3 is 3.12 bits per heavy atom. The van der Waals surface area contributed by atoms with Gasteiger partial charge in [-0.2, -0.15) is 5.10 Å². The van der Waals surface area contributed by atoms with E-state index < -0.39 is 0 Å². The minimum atomic E-state index is -0.232. The highest BCUT2D eigenvalue weighted by atomic mass is 19.1. The predicted molar refractivity (Wildman–Crippen MR) is 58.9 cm³/mol. The Morgan fingerprint density at radius 1 is 1.38 bits per heavy atom. The third-order valence-corrected chi connectivity index (χ3v) is 2.80. The lowest BCUT2D eigenvalue weighted by Gasteiger charge is -2.09. The van der Waals surface area contributed by atoms with Crippen molar-refractivity contribution >= 4 is 0 Å². The van der Waals surface area contributed by atoms with Gasteiger partial charge in [0.1, 0.15) is 5.82 Å². The van der Waals surface area contributed by atoms with Crippen molar-refractivity contribution in [1.82, 2.24) is 15.1 Å². The third-order valence-electron chi connectivity index (χ3n) is 2.80. The first-order valence-corrected chi connectivity index (χ1v) is 5.37. The molecule has 0 amide bonds. The molecule has 0 spiro atoms. The van der Waals surface area contributed by atoms with Crippen molar-refractivity contribution in [3.63, 3.8) is 0 Å². The monoisotopic (exact) mass is 217 g/mol. The van der Waals surface area contributed by atoms with Gasteiger partial charge in [0.05, 0.1) is 11.4 Å². The minimum absolute atomic E-state index is 0.232. The van der Waals surface area contributed by atoms with Gasteiger partial charge >= 0.3 is 0 Å². The normalized spacial score (nSPS) is 14.8. The second-order valence-electron chi connectivity index (χ2n) is 3.95. The average Bonchev–Trinajstić information content (AvgIpc) is 2.72. The van der Waals surface area contributed by atoms with Gasteiger partial charge in [0.15, 0.2) is 0 Å². The number of rotatable bonds is 1. The summed E-state index contributed by atoms with van der Waals surface area (Å²) in [5, 5.41) is 7.76. The molecule has 1 aliphatic heterocycles. The Labute approximate surface area is 92.9 Å². The molecule has 0 atom stereocenters. The number of fused-ring (bicyclic) bond motifs is 1. The summed E-state index contributed by atoms with van der Waals surface area (Å²) in [6.07, 6.45) is 2.91. The zero-order valence-electron chi connectivity index (χ0n) is 8.78. The molecule has 0 saturated carbocycles. The van der Waals surface area contributed by atoms with Gasteiger partial charge < -0.3 is 5.32 Å². The van der Waals surface area contributed by atoms with Gasteiger partial charge in [0.25, 0.3) is 0 Å². The van der Waals surface area contributed by atoms with E-state index >= 15 is 0 Å². The van der Waals surface area contributed by atoms with Gasteiger partial charge in [-0.3, -0.25) is 0 Å². The zero-order valence-corrected chi connectivity index (χ0v) is 8.78. The van der Waals surface area contributed by atoms with Crippen LogP contribution in [0.1, 0.15) is 11.3 Å².